The number of ether oxygens (including phenoxy) is 1. The second-order valence-corrected chi connectivity index (χ2v) is 3.10. The quantitative estimate of drug-likeness (QED) is 0.743. The van der Waals surface area contributed by atoms with E-state index in [1.807, 2.05) is 12.1 Å². The van der Waals surface area contributed by atoms with Crippen molar-refractivity contribution < 1.29 is 4.74 Å². The van der Waals surface area contributed by atoms with E-state index < -0.39 is 0 Å². The molecule has 0 unspecified atom stereocenters. The van der Waals surface area contributed by atoms with Crippen LogP contribution in [-0.2, 0) is 17.8 Å². The van der Waals surface area contributed by atoms with Crippen LogP contribution in [0.1, 0.15) is 11.1 Å². The lowest BCUT2D eigenvalue weighted by atomic mass is 10.1. The lowest BCUT2D eigenvalue weighted by molar-refractivity contribution is 0.185. The summed E-state index contributed by atoms with van der Waals surface area (Å²) in [7, 11) is 1.62. The molecule has 0 saturated heterocycles. The van der Waals surface area contributed by atoms with Gasteiger partial charge in [0.05, 0.1) is 19.1 Å². The fourth-order valence-electron chi connectivity index (χ4n) is 1.06. The second-order valence-electron chi connectivity index (χ2n) is 2.69. The van der Waals surface area contributed by atoms with Crippen LogP contribution in [-0.4, -0.2) is 7.11 Å². The molecule has 68 valence electrons. The Hall–Kier alpha value is -1.04. The molecule has 0 aliphatic heterocycles. The molecule has 0 heterocycles. The molecule has 1 aromatic rings. The van der Waals surface area contributed by atoms with Gasteiger partial charge in [-0.3, -0.25) is 0 Å². The SMILES string of the molecule is COCc1ccc(CC#N)cc1Cl. The maximum atomic E-state index is 8.47. The summed E-state index contributed by atoms with van der Waals surface area (Å²) in [5.41, 5.74) is 1.89. The van der Waals surface area contributed by atoms with Crippen LogP contribution in [0.2, 0.25) is 5.02 Å². The predicted octanol–water partition coefficient (Wildman–Crippen LogP) is 2.55. The topological polar surface area (TPSA) is 33.0 Å². The van der Waals surface area contributed by atoms with Crippen LogP contribution < -0.4 is 0 Å². The maximum Gasteiger partial charge on any atom is 0.0727 e. The van der Waals surface area contributed by atoms with Gasteiger partial charge < -0.3 is 4.74 Å². The molecule has 3 heteroatoms. The summed E-state index contributed by atoms with van der Waals surface area (Å²) in [6, 6.07) is 7.66. The highest BCUT2D eigenvalue weighted by atomic mass is 35.5. The lowest BCUT2D eigenvalue weighted by Gasteiger charge is -2.03. The van der Waals surface area contributed by atoms with Gasteiger partial charge in [-0.2, -0.15) is 5.26 Å². The first-order chi connectivity index (χ1) is 6.27. The zero-order chi connectivity index (χ0) is 9.68. The smallest absolute Gasteiger partial charge is 0.0727 e. The average molecular weight is 196 g/mol. The van der Waals surface area contributed by atoms with Gasteiger partial charge in [-0.1, -0.05) is 23.7 Å². The standard InChI is InChI=1S/C10H10ClNO/c1-13-7-9-3-2-8(4-5-12)6-10(9)11/h2-3,6H,4,7H2,1H3. The third kappa shape index (κ3) is 2.73. The average Bonchev–Trinajstić information content (AvgIpc) is 2.10. The Morgan fingerprint density at radius 2 is 2.31 bits per heavy atom. The summed E-state index contributed by atoms with van der Waals surface area (Å²) in [4.78, 5) is 0. The third-order valence-electron chi connectivity index (χ3n) is 1.70. The Labute approximate surface area is 82.7 Å². The third-order valence-corrected chi connectivity index (χ3v) is 2.05. The van der Waals surface area contributed by atoms with E-state index in [0.717, 1.165) is 11.1 Å². The minimum absolute atomic E-state index is 0.396. The Morgan fingerprint density at radius 3 is 2.85 bits per heavy atom. The van der Waals surface area contributed by atoms with E-state index in [0.29, 0.717) is 18.1 Å². The van der Waals surface area contributed by atoms with Crippen LogP contribution in [0, 0.1) is 11.3 Å². The maximum absolute atomic E-state index is 8.47. The Balaban J connectivity index is 2.86. The van der Waals surface area contributed by atoms with Crippen molar-refractivity contribution in [1.82, 2.24) is 0 Å². The molecule has 0 radical (unpaired) electrons. The van der Waals surface area contributed by atoms with E-state index in [1.54, 1.807) is 13.2 Å². The van der Waals surface area contributed by atoms with Crippen LogP contribution in [0.3, 0.4) is 0 Å². The normalized spacial score (nSPS) is 9.62. The number of nitriles is 1. The number of hydrogen-bond donors (Lipinski definition) is 0. The zero-order valence-corrected chi connectivity index (χ0v) is 8.14. The van der Waals surface area contributed by atoms with E-state index in [-0.39, 0.29) is 0 Å². The molecule has 0 bridgehead atoms. The highest BCUT2D eigenvalue weighted by Gasteiger charge is 2.00. The summed E-state index contributed by atoms with van der Waals surface area (Å²) in [6.45, 7) is 0.506. The summed E-state index contributed by atoms with van der Waals surface area (Å²) >= 11 is 5.95. The van der Waals surface area contributed by atoms with Crippen molar-refractivity contribution in [2.45, 2.75) is 13.0 Å². The van der Waals surface area contributed by atoms with Crippen molar-refractivity contribution in [3.05, 3.63) is 34.3 Å². The largest absolute Gasteiger partial charge is 0.380 e. The molecule has 0 amide bonds. The van der Waals surface area contributed by atoms with Gasteiger partial charge in [0.25, 0.3) is 0 Å². The highest BCUT2D eigenvalue weighted by molar-refractivity contribution is 6.31. The van der Waals surface area contributed by atoms with Gasteiger partial charge in [-0.15, -0.1) is 0 Å². The highest BCUT2D eigenvalue weighted by Crippen LogP contribution is 2.18. The van der Waals surface area contributed by atoms with E-state index in [9.17, 15) is 0 Å². The Morgan fingerprint density at radius 1 is 1.54 bits per heavy atom. The van der Waals surface area contributed by atoms with E-state index in [1.165, 1.54) is 0 Å². The number of methoxy groups -OCH3 is 1. The van der Waals surface area contributed by atoms with Crippen molar-refractivity contribution >= 4 is 11.6 Å². The molecule has 2 nitrogen and oxygen atoms in total. The van der Waals surface area contributed by atoms with Crippen LogP contribution in [0.25, 0.3) is 0 Å². The van der Waals surface area contributed by atoms with Gasteiger partial charge in [0.2, 0.25) is 0 Å². The van der Waals surface area contributed by atoms with Gasteiger partial charge in [0, 0.05) is 12.1 Å². The summed E-state index contributed by atoms with van der Waals surface area (Å²) in [5, 5.41) is 9.13. The van der Waals surface area contributed by atoms with Gasteiger partial charge in [0.1, 0.15) is 0 Å². The second kappa shape index (κ2) is 4.86. The molecule has 13 heavy (non-hydrogen) atoms. The Kier molecular flexibility index (Phi) is 3.75. The molecule has 0 N–H and O–H groups in total. The monoisotopic (exact) mass is 195 g/mol. The van der Waals surface area contributed by atoms with Crippen molar-refractivity contribution in [3.8, 4) is 6.07 Å². The molecule has 0 saturated carbocycles. The van der Waals surface area contributed by atoms with E-state index in [4.69, 9.17) is 21.6 Å². The minimum Gasteiger partial charge on any atom is -0.380 e. The number of benzene rings is 1. The van der Waals surface area contributed by atoms with Gasteiger partial charge in [-0.25, -0.2) is 0 Å². The summed E-state index contributed by atoms with van der Waals surface area (Å²) in [5.74, 6) is 0. The van der Waals surface area contributed by atoms with E-state index in [2.05, 4.69) is 6.07 Å². The molecule has 0 fully saturated rings. The van der Waals surface area contributed by atoms with Crippen LogP contribution in [0.4, 0.5) is 0 Å². The lowest BCUT2D eigenvalue weighted by Crippen LogP contribution is -1.90. The molecule has 1 rings (SSSR count). The number of nitrogens with zero attached hydrogens (tertiary/aromatic N) is 1. The van der Waals surface area contributed by atoms with Crippen molar-refractivity contribution in [3.63, 3.8) is 0 Å². The Bertz CT molecular complexity index is 330. The first kappa shape index (κ1) is 10.0. The van der Waals surface area contributed by atoms with Crippen LogP contribution >= 0.6 is 11.6 Å². The van der Waals surface area contributed by atoms with Crippen molar-refractivity contribution in [2.24, 2.45) is 0 Å². The fraction of sp³-hybridized carbons (Fsp3) is 0.300. The molecular weight excluding hydrogens is 186 g/mol. The number of hydrogen-bond acceptors (Lipinski definition) is 2. The molecule has 0 aliphatic rings. The van der Waals surface area contributed by atoms with Crippen molar-refractivity contribution in [2.75, 3.05) is 7.11 Å². The molecule has 0 spiro atoms. The van der Waals surface area contributed by atoms with Gasteiger partial charge >= 0.3 is 0 Å². The molecule has 0 atom stereocenters. The van der Waals surface area contributed by atoms with Crippen molar-refractivity contribution in [1.29, 1.82) is 5.26 Å². The molecule has 0 aliphatic carbocycles. The zero-order valence-electron chi connectivity index (χ0n) is 7.38. The van der Waals surface area contributed by atoms with Crippen LogP contribution in [0.5, 0.6) is 0 Å². The molecule has 0 aromatic heterocycles. The van der Waals surface area contributed by atoms with Gasteiger partial charge in [-0.05, 0) is 17.2 Å². The first-order valence-corrected chi connectivity index (χ1v) is 4.29. The molecule has 1 aromatic carbocycles. The predicted molar refractivity (Wildman–Crippen MR) is 51.5 cm³/mol. The summed E-state index contributed by atoms with van der Waals surface area (Å²) < 4.78 is 4.96. The number of halogens is 1. The van der Waals surface area contributed by atoms with Crippen LogP contribution in [0.15, 0.2) is 18.2 Å². The fourth-order valence-corrected chi connectivity index (χ4v) is 1.32. The van der Waals surface area contributed by atoms with Gasteiger partial charge in [0.15, 0.2) is 0 Å². The minimum atomic E-state index is 0.396. The number of rotatable bonds is 3. The summed E-state index contributed by atoms with van der Waals surface area (Å²) in [6.07, 6.45) is 0.396. The van der Waals surface area contributed by atoms with E-state index >= 15 is 0 Å². The first-order valence-electron chi connectivity index (χ1n) is 3.91. The molecular formula is C10H10ClNO.